The van der Waals surface area contributed by atoms with Gasteiger partial charge < -0.3 is 11.1 Å². The number of allylic oxidation sites excluding steroid dienone is 3. The van der Waals surface area contributed by atoms with Gasteiger partial charge in [-0.3, -0.25) is 0 Å². The second kappa shape index (κ2) is 3.15. The quantitative estimate of drug-likeness (QED) is 0.385. The molecule has 0 unspecified atom stereocenters. The van der Waals surface area contributed by atoms with E-state index in [9.17, 15) is 0 Å². The Kier molecular flexibility index (Phi) is 2.68. The van der Waals surface area contributed by atoms with E-state index < -0.39 is 0 Å². The van der Waals surface area contributed by atoms with Crippen molar-refractivity contribution in [1.29, 1.82) is 5.41 Å². The van der Waals surface area contributed by atoms with Crippen LogP contribution < -0.4 is 5.73 Å². The maximum atomic E-state index is 6.55. The molecule has 3 N–H and O–H groups in total. The molecular formula is C5H8N2. The summed E-state index contributed by atoms with van der Waals surface area (Å²) >= 11 is 0. The van der Waals surface area contributed by atoms with Crippen molar-refractivity contribution in [3.63, 3.8) is 0 Å². The molecule has 38 valence electrons. The Balaban J connectivity index is 3.72. The van der Waals surface area contributed by atoms with Crippen molar-refractivity contribution < 1.29 is 0 Å². The zero-order valence-electron chi connectivity index (χ0n) is 4.02. The van der Waals surface area contributed by atoms with Gasteiger partial charge in [-0.2, -0.15) is 0 Å². The molecule has 0 aromatic heterocycles. The van der Waals surface area contributed by atoms with Crippen molar-refractivity contribution in [3.05, 3.63) is 24.4 Å². The lowest BCUT2D eigenvalue weighted by molar-refractivity contribution is 1.45. The minimum Gasteiger partial charge on any atom is -0.398 e. The van der Waals surface area contributed by atoms with Crippen LogP contribution in [0.25, 0.3) is 0 Å². The Bertz CT molecular complexity index is 103. The van der Waals surface area contributed by atoms with E-state index in [-0.39, 0.29) is 0 Å². The zero-order chi connectivity index (χ0) is 5.70. The Morgan fingerprint density at radius 2 is 2.29 bits per heavy atom. The van der Waals surface area contributed by atoms with Gasteiger partial charge in [0.2, 0.25) is 0 Å². The fourth-order valence-electron chi connectivity index (χ4n) is 0.184. The van der Waals surface area contributed by atoms with Crippen molar-refractivity contribution in [3.8, 4) is 0 Å². The van der Waals surface area contributed by atoms with Crippen molar-refractivity contribution in [2.45, 2.75) is 0 Å². The summed E-state index contributed by atoms with van der Waals surface area (Å²) in [5.74, 6) is 0. The topological polar surface area (TPSA) is 49.9 Å². The van der Waals surface area contributed by atoms with Crippen LogP contribution in [0.15, 0.2) is 24.4 Å². The van der Waals surface area contributed by atoms with Crippen LogP contribution in [0.2, 0.25) is 0 Å². The number of nitrogens with one attached hydrogen (secondary N) is 1. The lowest BCUT2D eigenvalue weighted by Crippen LogP contribution is -1.95. The molecule has 0 spiro atoms. The number of hydrogen-bond acceptors (Lipinski definition) is 2. The molecule has 0 aliphatic heterocycles. The summed E-state index contributed by atoms with van der Waals surface area (Å²) in [5.41, 5.74) is 5.56. The molecule has 0 saturated carbocycles. The van der Waals surface area contributed by atoms with Gasteiger partial charge in [0.1, 0.15) is 0 Å². The van der Waals surface area contributed by atoms with Gasteiger partial charge in [0, 0.05) is 11.9 Å². The predicted molar refractivity (Wildman–Crippen MR) is 31.3 cm³/mol. The lowest BCUT2D eigenvalue weighted by Gasteiger charge is -1.80. The second-order valence-corrected chi connectivity index (χ2v) is 1.05. The first kappa shape index (κ1) is 5.95. The molecule has 0 heterocycles. The van der Waals surface area contributed by atoms with Crippen LogP contribution in [0.3, 0.4) is 0 Å². The molecule has 0 amide bonds. The average Bonchev–Trinajstić information content (AvgIpc) is 1.68. The Hall–Kier alpha value is -1.05. The average molecular weight is 96.1 g/mol. The largest absolute Gasteiger partial charge is 0.398 e. The lowest BCUT2D eigenvalue weighted by atomic mass is 10.4. The van der Waals surface area contributed by atoms with Gasteiger partial charge in [0.25, 0.3) is 0 Å². The van der Waals surface area contributed by atoms with Gasteiger partial charge in [0.05, 0.1) is 0 Å². The fourth-order valence-corrected chi connectivity index (χ4v) is 0.184. The van der Waals surface area contributed by atoms with Gasteiger partial charge >= 0.3 is 0 Å². The van der Waals surface area contributed by atoms with E-state index in [1.165, 1.54) is 0 Å². The first-order valence-corrected chi connectivity index (χ1v) is 1.90. The molecule has 0 aliphatic carbocycles. The molecule has 0 aromatic rings. The molecule has 2 nitrogen and oxygen atoms in total. The highest BCUT2D eigenvalue weighted by Gasteiger charge is 1.70. The summed E-state index contributed by atoms with van der Waals surface area (Å²) in [7, 11) is 0. The van der Waals surface area contributed by atoms with Crippen LogP contribution in [0, 0.1) is 5.41 Å². The highest BCUT2D eigenvalue weighted by molar-refractivity contribution is 5.74. The fraction of sp³-hybridized carbons (Fsp3) is 0. The van der Waals surface area contributed by atoms with Crippen LogP contribution in [0.1, 0.15) is 0 Å². The summed E-state index contributed by atoms with van der Waals surface area (Å²) in [6, 6.07) is 0. The first-order valence-electron chi connectivity index (χ1n) is 1.90. The molecule has 7 heavy (non-hydrogen) atoms. The minimum atomic E-state index is 0.426. The molecule has 0 rings (SSSR count). The van der Waals surface area contributed by atoms with Crippen molar-refractivity contribution in [1.82, 2.24) is 0 Å². The van der Waals surface area contributed by atoms with E-state index >= 15 is 0 Å². The van der Waals surface area contributed by atoms with Gasteiger partial charge in [-0.15, -0.1) is 0 Å². The summed E-state index contributed by atoms with van der Waals surface area (Å²) in [6.45, 7) is 3.39. The first-order chi connectivity index (χ1) is 3.31. The van der Waals surface area contributed by atoms with Crippen molar-refractivity contribution >= 4 is 6.21 Å². The summed E-state index contributed by atoms with van der Waals surface area (Å²) in [6.07, 6.45) is 4.18. The van der Waals surface area contributed by atoms with Crippen LogP contribution in [-0.2, 0) is 0 Å². The van der Waals surface area contributed by atoms with Gasteiger partial charge in [0.15, 0.2) is 0 Å². The molecule has 2 heteroatoms. The van der Waals surface area contributed by atoms with Crippen LogP contribution >= 0.6 is 0 Å². The molecular weight excluding hydrogens is 88.1 g/mol. The second-order valence-electron chi connectivity index (χ2n) is 1.05. The molecule has 0 atom stereocenters. The normalized spacial score (nSPS) is 10.6. The summed E-state index contributed by atoms with van der Waals surface area (Å²) in [5, 5.41) is 6.55. The van der Waals surface area contributed by atoms with Crippen molar-refractivity contribution in [2.24, 2.45) is 5.73 Å². The third-order valence-corrected chi connectivity index (χ3v) is 0.477. The van der Waals surface area contributed by atoms with E-state index in [0.29, 0.717) is 5.70 Å². The highest BCUT2D eigenvalue weighted by atomic mass is 14.6. The van der Waals surface area contributed by atoms with Gasteiger partial charge in [-0.1, -0.05) is 12.7 Å². The maximum Gasteiger partial charge on any atom is 0.0492 e. The molecule has 0 saturated heterocycles. The number of nitrogens with two attached hydrogens (primary N) is 1. The van der Waals surface area contributed by atoms with Gasteiger partial charge in [-0.25, -0.2) is 0 Å². The molecule has 0 aliphatic rings. The highest BCUT2D eigenvalue weighted by Crippen LogP contribution is 1.74. The van der Waals surface area contributed by atoms with Crippen LogP contribution in [0.5, 0.6) is 0 Å². The van der Waals surface area contributed by atoms with Gasteiger partial charge in [-0.05, 0) is 6.08 Å². The molecule has 0 aromatic carbocycles. The zero-order valence-corrected chi connectivity index (χ0v) is 4.02. The minimum absolute atomic E-state index is 0.426. The third-order valence-electron chi connectivity index (χ3n) is 0.477. The van der Waals surface area contributed by atoms with E-state index in [1.807, 2.05) is 0 Å². The van der Waals surface area contributed by atoms with E-state index in [1.54, 1.807) is 12.2 Å². The van der Waals surface area contributed by atoms with E-state index in [0.717, 1.165) is 6.21 Å². The molecule has 0 radical (unpaired) electrons. The third kappa shape index (κ3) is 2.76. The Morgan fingerprint density at radius 1 is 1.71 bits per heavy atom. The summed E-state index contributed by atoms with van der Waals surface area (Å²) in [4.78, 5) is 0. The number of hydrogen-bond donors (Lipinski definition) is 2. The van der Waals surface area contributed by atoms with Crippen LogP contribution in [-0.4, -0.2) is 6.21 Å². The SMILES string of the molecule is C=C/C=C(/N)C=N. The standard InChI is InChI=1S/C5H8N2/c1-2-3-5(7)4-6/h2-4,6H,1,7H2/b5-3+,6-4?. The number of rotatable bonds is 2. The van der Waals surface area contributed by atoms with E-state index in [2.05, 4.69) is 6.58 Å². The maximum absolute atomic E-state index is 6.55. The van der Waals surface area contributed by atoms with E-state index in [4.69, 9.17) is 11.1 Å². The summed E-state index contributed by atoms with van der Waals surface area (Å²) < 4.78 is 0. The molecule has 0 fully saturated rings. The van der Waals surface area contributed by atoms with Crippen LogP contribution in [0.4, 0.5) is 0 Å². The van der Waals surface area contributed by atoms with Crippen molar-refractivity contribution in [2.75, 3.05) is 0 Å². The predicted octanol–water partition coefficient (Wildman–Crippen LogP) is 0.665. The smallest absolute Gasteiger partial charge is 0.0492 e. The monoisotopic (exact) mass is 96.1 g/mol. The molecule has 0 bridgehead atoms. The Morgan fingerprint density at radius 3 is 2.43 bits per heavy atom. The Labute approximate surface area is 42.8 Å².